The van der Waals surface area contributed by atoms with E-state index in [0.717, 1.165) is 26.9 Å². The normalized spacial score (nSPS) is 10.5. The van der Waals surface area contributed by atoms with Crippen LogP contribution < -0.4 is 4.74 Å². The van der Waals surface area contributed by atoms with Crippen LogP contribution in [0.1, 0.15) is 22.3 Å². The third-order valence-corrected chi connectivity index (χ3v) is 4.09. The Bertz CT molecular complexity index is 593. The summed E-state index contributed by atoms with van der Waals surface area (Å²) in [5, 5.41) is 0. The van der Waals surface area contributed by atoms with Crippen molar-refractivity contribution < 1.29 is 4.74 Å². The summed E-state index contributed by atoms with van der Waals surface area (Å²) >= 11 is 3.52. The Morgan fingerprint density at radius 2 is 1.61 bits per heavy atom. The average Bonchev–Trinajstić information content (AvgIpc) is 2.35. The second-order valence-electron chi connectivity index (χ2n) is 4.50. The SMILES string of the molecule is Cc1ccc(C)c(Oc2nccc(C)c2Br)c1C. The van der Waals surface area contributed by atoms with Gasteiger partial charge in [0.05, 0.1) is 4.47 Å². The fourth-order valence-electron chi connectivity index (χ4n) is 1.77. The lowest BCUT2D eigenvalue weighted by Gasteiger charge is -2.14. The lowest BCUT2D eigenvalue weighted by Crippen LogP contribution is -1.96. The second kappa shape index (κ2) is 5.11. The number of nitrogens with zero attached hydrogens (tertiary/aromatic N) is 1. The first kappa shape index (κ1) is 13.1. The van der Waals surface area contributed by atoms with E-state index in [1.165, 1.54) is 5.56 Å². The highest BCUT2D eigenvalue weighted by molar-refractivity contribution is 9.10. The molecule has 0 N–H and O–H groups in total. The highest BCUT2D eigenvalue weighted by Gasteiger charge is 2.11. The maximum absolute atomic E-state index is 5.97. The minimum Gasteiger partial charge on any atom is -0.437 e. The molecule has 0 amide bonds. The molecule has 1 aromatic carbocycles. The number of pyridine rings is 1. The zero-order valence-corrected chi connectivity index (χ0v) is 12.6. The Morgan fingerprint density at radius 3 is 2.33 bits per heavy atom. The highest BCUT2D eigenvalue weighted by atomic mass is 79.9. The van der Waals surface area contributed by atoms with E-state index in [9.17, 15) is 0 Å². The number of rotatable bonds is 2. The Morgan fingerprint density at radius 1 is 0.944 bits per heavy atom. The summed E-state index contributed by atoms with van der Waals surface area (Å²) in [4.78, 5) is 4.28. The fraction of sp³-hybridized carbons (Fsp3) is 0.267. The molecular formula is C15H16BrNO. The van der Waals surface area contributed by atoms with Gasteiger partial charge >= 0.3 is 0 Å². The molecule has 2 rings (SSSR count). The molecule has 0 unspecified atom stereocenters. The van der Waals surface area contributed by atoms with Gasteiger partial charge in [-0.3, -0.25) is 0 Å². The minimum atomic E-state index is 0.617. The summed E-state index contributed by atoms with van der Waals surface area (Å²) in [5.41, 5.74) is 4.61. The van der Waals surface area contributed by atoms with Gasteiger partial charge in [0, 0.05) is 6.20 Å². The molecule has 3 heteroatoms. The van der Waals surface area contributed by atoms with Crippen molar-refractivity contribution in [3.05, 3.63) is 51.1 Å². The molecule has 0 radical (unpaired) electrons. The van der Waals surface area contributed by atoms with E-state index >= 15 is 0 Å². The molecule has 1 aromatic heterocycles. The molecule has 0 aliphatic carbocycles. The lowest BCUT2D eigenvalue weighted by atomic mass is 10.1. The van der Waals surface area contributed by atoms with E-state index in [0.29, 0.717) is 5.88 Å². The largest absolute Gasteiger partial charge is 0.437 e. The van der Waals surface area contributed by atoms with Gasteiger partial charge in [-0.25, -0.2) is 4.98 Å². The van der Waals surface area contributed by atoms with E-state index in [4.69, 9.17) is 4.74 Å². The van der Waals surface area contributed by atoms with Gasteiger partial charge in [-0.1, -0.05) is 12.1 Å². The molecule has 0 aliphatic rings. The zero-order chi connectivity index (χ0) is 13.3. The van der Waals surface area contributed by atoms with Crippen molar-refractivity contribution in [3.8, 4) is 11.6 Å². The van der Waals surface area contributed by atoms with Crippen LogP contribution in [0, 0.1) is 27.7 Å². The summed E-state index contributed by atoms with van der Waals surface area (Å²) in [7, 11) is 0. The zero-order valence-electron chi connectivity index (χ0n) is 11.0. The van der Waals surface area contributed by atoms with Crippen LogP contribution in [0.5, 0.6) is 11.6 Å². The number of ether oxygens (including phenoxy) is 1. The van der Waals surface area contributed by atoms with Crippen molar-refractivity contribution in [2.75, 3.05) is 0 Å². The lowest BCUT2D eigenvalue weighted by molar-refractivity contribution is 0.452. The quantitative estimate of drug-likeness (QED) is 0.789. The molecule has 0 aliphatic heterocycles. The minimum absolute atomic E-state index is 0.617. The number of hydrogen-bond acceptors (Lipinski definition) is 2. The van der Waals surface area contributed by atoms with Crippen molar-refractivity contribution in [1.82, 2.24) is 4.98 Å². The van der Waals surface area contributed by atoms with E-state index < -0.39 is 0 Å². The third kappa shape index (κ3) is 2.41. The Labute approximate surface area is 116 Å². The molecule has 1 heterocycles. The Kier molecular flexibility index (Phi) is 3.71. The summed E-state index contributed by atoms with van der Waals surface area (Å²) < 4.78 is 6.88. The number of hydrogen-bond donors (Lipinski definition) is 0. The van der Waals surface area contributed by atoms with E-state index in [-0.39, 0.29) is 0 Å². The number of halogens is 1. The molecule has 2 nitrogen and oxygen atoms in total. The molecular weight excluding hydrogens is 290 g/mol. The van der Waals surface area contributed by atoms with Crippen LogP contribution in [0.4, 0.5) is 0 Å². The van der Waals surface area contributed by atoms with Crippen LogP contribution in [0.25, 0.3) is 0 Å². The highest BCUT2D eigenvalue weighted by Crippen LogP contribution is 2.34. The number of benzene rings is 1. The van der Waals surface area contributed by atoms with Crippen LogP contribution in [0.2, 0.25) is 0 Å². The van der Waals surface area contributed by atoms with Gasteiger partial charge < -0.3 is 4.74 Å². The van der Waals surface area contributed by atoms with Gasteiger partial charge in [0.2, 0.25) is 5.88 Å². The summed E-state index contributed by atoms with van der Waals surface area (Å²) in [6.45, 7) is 8.22. The smallest absolute Gasteiger partial charge is 0.233 e. The van der Waals surface area contributed by atoms with Gasteiger partial charge in [-0.2, -0.15) is 0 Å². The van der Waals surface area contributed by atoms with Crippen LogP contribution in [0.3, 0.4) is 0 Å². The predicted octanol–water partition coefficient (Wildman–Crippen LogP) is 4.87. The summed E-state index contributed by atoms with van der Waals surface area (Å²) in [6, 6.07) is 6.13. The van der Waals surface area contributed by atoms with Crippen LogP contribution in [-0.2, 0) is 0 Å². The maximum atomic E-state index is 5.97. The van der Waals surface area contributed by atoms with Crippen molar-refractivity contribution >= 4 is 15.9 Å². The molecule has 0 saturated carbocycles. The van der Waals surface area contributed by atoms with E-state index in [1.54, 1.807) is 6.20 Å². The molecule has 0 bridgehead atoms. The van der Waals surface area contributed by atoms with Crippen LogP contribution in [0.15, 0.2) is 28.9 Å². The van der Waals surface area contributed by atoms with Crippen molar-refractivity contribution in [2.45, 2.75) is 27.7 Å². The van der Waals surface area contributed by atoms with E-state index in [1.807, 2.05) is 19.9 Å². The van der Waals surface area contributed by atoms with Crippen LogP contribution >= 0.6 is 15.9 Å². The first-order valence-electron chi connectivity index (χ1n) is 5.86. The van der Waals surface area contributed by atoms with Crippen LogP contribution in [-0.4, -0.2) is 4.98 Å². The molecule has 0 fully saturated rings. The van der Waals surface area contributed by atoms with Gasteiger partial charge in [0.1, 0.15) is 5.75 Å². The molecule has 0 saturated heterocycles. The Hall–Kier alpha value is -1.35. The average molecular weight is 306 g/mol. The second-order valence-corrected chi connectivity index (χ2v) is 5.30. The van der Waals surface area contributed by atoms with Gasteiger partial charge in [0.15, 0.2) is 0 Å². The standard InChI is InChI=1S/C15H16BrNO/c1-9-5-6-11(3)14(12(9)4)18-15-13(16)10(2)7-8-17-15/h5-8H,1-4H3. The van der Waals surface area contributed by atoms with Crippen molar-refractivity contribution in [2.24, 2.45) is 0 Å². The summed E-state index contributed by atoms with van der Waals surface area (Å²) in [5.74, 6) is 1.51. The van der Waals surface area contributed by atoms with Gasteiger partial charge in [0.25, 0.3) is 0 Å². The molecule has 0 spiro atoms. The third-order valence-electron chi connectivity index (χ3n) is 3.12. The van der Waals surface area contributed by atoms with E-state index in [2.05, 4.69) is 46.9 Å². The number of aromatic nitrogens is 1. The first-order chi connectivity index (χ1) is 8.50. The molecule has 94 valence electrons. The first-order valence-corrected chi connectivity index (χ1v) is 6.65. The Balaban J connectivity index is 2.46. The van der Waals surface area contributed by atoms with Gasteiger partial charge in [-0.15, -0.1) is 0 Å². The summed E-state index contributed by atoms with van der Waals surface area (Å²) in [6.07, 6.45) is 1.76. The fourth-order valence-corrected chi connectivity index (χ4v) is 2.08. The monoisotopic (exact) mass is 305 g/mol. The molecule has 0 atom stereocenters. The topological polar surface area (TPSA) is 22.1 Å². The van der Waals surface area contributed by atoms with Crippen molar-refractivity contribution in [3.63, 3.8) is 0 Å². The van der Waals surface area contributed by atoms with Crippen molar-refractivity contribution in [1.29, 1.82) is 0 Å². The number of aryl methyl sites for hydroxylation is 3. The predicted molar refractivity (Wildman–Crippen MR) is 77.4 cm³/mol. The maximum Gasteiger partial charge on any atom is 0.233 e. The molecule has 18 heavy (non-hydrogen) atoms. The molecule has 2 aromatic rings. The van der Waals surface area contributed by atoms with Gasteiger partial charge in [-0.05, 0) is 71.9 Å².